The maximum atomic E-state index is 15.0. The van der Waals surface area contributed by atoms with E-state index < -0.39 is 65.9 Å². The van der Waals surface area contributed by atoms with Gasteiger partial charge in [0.05, 0.1) is 12.5 Å². The Labute approximate surface area is 245 Å². The quantitative estimate of drug-likeness (QED) is 0.205. The highest BCUT2D eigenvalue weighted by Gasteiger charge is 2.75. The summed E-state index contributed by atoms with van der Waals surface area (Å²) in [6.07, 6.45) is 11.4. The van der Waals surface area contributed by atoms with E-state index in [1.54, 1.807) is 69.4 Å². The van der Waals surface area contributed by atoms with Gasteiger partial charge in [-0.15, -0.1) is 0 Å². The fourth-order valence-corrected chi connectivity index (χ4v) is 8.77. The van der Waals surface area contributed by atoms with Gasteiger partial charge in [0.25, 0.3) is 0 Å². The number of hydrogen-bond donors (Lipinski definition) is 2. The number of ether oxygens (including phenoxy) is 3. The lowest BCUT2D eigenvalue weighted by atomic mass is 9.65. The van der Waals surface area contributed by atoms with Crippen LogP contribution in [0, 0.1) is 11.3 Å². The molecular weight excluding hydrogens is 563 g/mol. The molecule has 0 fully saturated rings. The van der Waals surface area contributed by atoms with Crippen molar-refractivity contribution in [1.29, 1.82) is 0 Å². The molecule has 4 aliphatic carbocycles. The van der Waals surface area contributed by atoms with Crippen LogP contribution in [0.4, 0.5) is 4.79 Å². The molecule has 2 N–H and O–H groups in total. The van der Waals surface area contributed by atoms with Crippen molar-refractivity contribution in [2.75, 3.05) is 13.7 Å². The Morgan fingerprint density at radius 3 is 1.83 bits per heavy atom. The van der Waals surface area contributed by atoms with E-state index in [0.29, 0.717) is 22.3 Å². The van der Waals surface area contributed by atoms with Gasteiger partial charge in [-0.05, 0) is 43.1 Å². The summed E-state index contributed by atoms with van der Waals surface area (Å²) in [5.41, 5.74) is 0.136. The summed E-state index contributed by atoms with van der Waals surface area (Å²) in [5, 5.41) is 0.615. The summed E-state index contributed by atoms with van der Waals surface area (Å²) in [6.45, 7) is 9.31. The number of rotatable bonds is 11. The minimum Gasteiger partial charge on any atom is -0.464 e. The second-order valence-electron chi connectivity index (χ2n) is 11.0. The Kier molecular flexibility index (Phi) is 8.32. The number of esters is 2. The highest BCUT2D eigenvalue weighted by molar-refractivity contribution is 7.61. The average molecular weight is 601 g/mol. The predicted octanol–water partition coefficient (Wildman–Crippen LogP) is 3.88. The van der Waals surface area contributed by atoms with Crippen LogP contribution in [0.1, 0.15) is 41.5 Å². The van der Waals surface area contributed by atoms with Crippen molar-refractivity contribution in [3.63, 3.8) is 0 Å². The van der Waals surface area contributed by atoms with E-state index in [0.717, 1.165) is 0 Å². The van der Waals surface area contributed by atoms with Gasteiger partial charge in [0.15, 0.2) is 0 Å². The van der Waals surface area contributed by atoms with Crippen LogP contribution in [0.3, 0.4) is 0 Å². The second kappa shape index (κ2) is 11.2. The Hall–Kier alpha value is -3.69. The standard InChI is InChI=1S/C30H37N2O9P/c1-8-39-26(34)18(4)32(7)27(35)29(21-9-10-22(29)12-11-21)30(23-13-14-24(30)16-15-23)42(37,38)19(5)31-28(36)41-20(6)40-25(33)17(2)3/h9-20H,8H2,1-7H3,(H,31,36)(H,37,38). The lowest BCUT2D eigenvalue weighted by Gasteiger charge is -2.51. The first-order valence-corrected chi connectivity index (χ1v) is 15.6. The number of nitrogens with zero attached hydrogens (tertiary/aromatic N) is 1. The van der Waals surface area contributed by atoms with Crippen molar-refractivity contribution in [2.24, 2.45) is 11.3 Å². The zero-order valence-electron chi connectivity index (χ0n) is 24.7. The zero-order valence-corrected chi connectivity index (χ0v) is 25.6. The zero-order chi connectivity index (χ0) is 31.2. The molecule has 0 aliphatic heterocycles. The van der Waals surface area contributed by atoms with Crippen molar-refractivity contribution in [2.45, 2.75) is 64.8 Å². The summed E-state index contributed by atoms with van der Waals surface area (Å²) in [5.74, 6) is -3.61. The van der Waals surface area contributed by atoms with Gasteiger partial charge < -0.3 is 29.3 Å². The van der Waals surface area contributed by atoms with E-state index in [-0.39, 0.29) is 6.61 Å². The molecule has 4 bridgehead atoms. The maximum Gasteiger partial charge on any atom is 0.410 e. The highest BCUT2D eigenvalue weighted by Crippen LogP contribution is 2.78. The van der Waals surface area contributed by atoms with Crippen LogP contribution in [-0.4, -0.2) is 70.7 Å². The number of amides is 2. The smallest absolute Gasteiger partial charge is 0.410 e. The fraction of sp³-hybridized carbons (Fsp3) is 0.467. The number of carbonyl (C=O) groups excluding carboxylic acids is 4. The van der Waals surface area contributed by atoms with Crippen LogP contribution in [0.15, 0.2) is 70.9 Å². The van der Waals surface area contributed by atoms with E-state index in [9.17, 15) is 28.6 Å². The van der Waals surface area contributed by atoms with Gasteiger partial charge in [-0.25, -0.2) is 9.59 Å². The number of carbonyl (C=O) groups is 4. The topological polar surface area (TPSA) is 149 Å². The van der Waals surface area contributed by atoms with Crippen molar-refractivity contribution in [3.8, 4) is 0 Å². The molecular formula is C30H37N2O9P. The lowest BCUT2D eigenvalue weighted by molar-refractivity contribution is -0.168. The molecule has 2 amide bonds. The Bertz CT molecular complexity index is 1400. The van der Waals surface area contributed by atoms with Gasteiger partial charge in [0.1, 0.15) is 22.4 Å². The monoisotopic (exact) mass is 600 g/mol. The molecule has 0 heterocycles. The minimum absolute atomic E-state index is 0.127. The Morgan fingerprint density at radius 1 is 0.881 bits per heavy atom. The summed E-state index contributed by atoms with van der Waals surface area (Å²) in [4.78, 5) is 65.5. The molecule has 4 rings (SSSR count). The van der Waals surface area contributed by atoms with E-state index in [4.69, 9.17) is 14.2 Å². The molecule has 0 saturated heterocycles. The van der Waals surface area contributed by atoms with Gasteiger partial charge in [0, 0.05) is 14.0 Å². The molecule has 0 saturated carbocycles. The number of hydrogen-bond acceptors (Lipinski definition) is 8. The summed E-state index contributed by atoms with van der Waals surface area (Å²) < 4.78 is 30.3. The lowest BCUT2D eigenvalue weighted by Crippen LogP contribution is -2.60. The van der Waals surface area contributed by atoms with Crippen LogP contribution < -0.4 is 5.32 Å². The van der Waals surface area contributed by atoms with Crippen LogP contribution in [-0.2, 0) is 33.2 Å². The molecule has 4 atom stereocenters. The molecule has 226 valence electrons. The van der Waals surface area contributed by atoms with Gasteiger partial charge >= 0.3 is 18.0 Å². The van der Waals surface area contributed by atoms with Crippen LogP contribution in [0.2, 0.25) is 0 Å². The molecule has 0 spiro atoms. The molecule has 4 unspecified atom stereocenters. The predicted molar refractivity (Wildman–Crippen MR) is 154 cm³/mol. The normalized spacial score (nSPS) is 21.8. The van der Waals surface area contributed by atoms with Crippen molar-refractivity contribution in [1.82, 2.24) is 10.2 Å². The van der Waals surface area contributed by atoms with Crippen LogP contribution in [0.5, 0.6) is 0 Å². The number of alkyl carbamates (subject to hydrolysis) is 1. The number of nitrogens with one attached hydrogen (secondary N) is 1. The van der Waals surface area contributed by atoms with E-state index in [1.807, 2.05) is 0 Å². The number of allylic oxidation sites excluding steroid dienone is 10. The minimum atomic E-state index is -4.67. The van der Waals surface area contributed by atoms with Gasteiger partial charge in [-0.3, -0.25) is 14.2 Å². The molecule has 0 aromatic heterocycles. The molecule has 12 heteroatoms. The number of fused-ring (bicyclic) bond motifs is 5. The average Bonchev–Trinajstić information content (AvgIpc) is 3.69. The van der Waals surface area contributed by atoms with E-state index in [1.165, 1.54) is 32.7 Å². The second-order valence-corrected chi connectivity index (χ2v) is 13.7. The summed E-state index contributed by atoms with van der Waals surface area (Å²) >= 11 is 0. The first-order chi connectivity index (χ1) is 19.7. The van der Waals surface area contributed by atoms with Crippen molar-refractivity contribution >= 4 is 31.3 Å². The molecule has 0 aromatic carbocycles. The molecule has 11 nitrogen and oxygen atoms in total. The van der Waals surface area contributed by atoms with Crippen LogP contribution >= 0.6 is 7.37 Å². The molecule has 42 heavy (non-hydrogen) atoms. The van der Waals surface area contributed by atoms with Gasteiger partial charge in [0.2, 0.25) is 19.6 Å². The summed E-state index contributed by atoms with van der Waals surface area (Å²) in [7, 11) is -3.20. The molecule has 0 radical (unpaired) electrons. The largest absolute Gasteiger partial charge is 0.464 e. The number of likely N-dealkylation sites (N-methyl/N-ethyl adjacent to an activating group) is 1. The molecule has 0 aromatic rings. The van der Waals surface area contributed by atoms with E-state index >= 15 is 0 Å². The fourth-order valence-electron chi connectivity index (χ4n) is 6.04. The third kappa shape index (κ3) is 4.41. The highest BCUT2D eigenvalue weighted by atomic mass is 31.2. The first-order valence-electron chi connectivity index (χ1n) is 13.8. The van der Waals surface area contributed by atoms with Crippen molar-refractivity contribution in [3.05, 3.63) is 70.9 Å². The first kappa shape index (κ1) is 31.3. The van der Waals surface area contributed by atoms with Gasteiger partial charge in [-0.1, -0.05) is 62.5 Å². The SMILES string of the molecule is CCOC(=O)C(C)N(C)C(=O)C1(C2(P(=O)(O)C(C)NC(=O)OC(C)OC(=O)C(C)C)C3=CC=C2C=C3)C2=CC=C1C=C2. The summed E-state index contributed by atoms with van der Waals surface area (Å²) in [6, 6.07) is -0.985. The van der Waals surface area contributed by atoms with Crippen molar-refractivity contribution < 1.29 is 42.8 Å². The third-order valence-corrected chi connectivity index (χ3v) is 11.2. The van der Waals surface area contributed by atoms with E-state index in [2.05, 4.69) is 5.32 Å². The Morgan fingerprint density at radius 2 is 1.38 bits per heavy atom. The maximum absolute atomic E-state index is 15.0. The van der Waals surface area contributed by atoms with Crippen LogP contribution in [0.25, 0.3) is 0 Å². The molecule has 4 aliphatic rings. The van der Waals surface area contributed by atoms with Gasteiger partial charge in [-0.2, -0.15) is 0 Å². The third-order valence-electron chi connectivity index (χ3n) is 8.22. The Balaban J connectivity index is 1.74.